The third-order valence-corrected chi connectivity index (χ3v) is 5.28. The van der Waals surface area contributed by atoms with Crippen molar-refractivity contribution in [3.63, 3.8) is 0 Å². The van der Waals surface area contributed by atoms with Crippen LogP contribution in [0.25, 0.3) is 0 Å². The molecule has 0 radical (unpaired) electrons. The molecule has 2 rings (SSSR count). The van der Waals surface area contributed by atoms with Crippen LogP contribution in [-0.4, -0.2) is 71.7 Å². The number of ether oxygens (including phenoxy) is 2. The second-order valence-corrected chi connectivity index (χ2v) is 7.86. The van der Waals surface area contributed by atoms with E-state index in [4.69, 9.17) is 9.47 Å². The van der Waals surface area contributed by atoms with Crippen molar-refractivity contribution in [2.45, 2.75) is 37.8 Å². The van der Waals surface area contributed by atoms with Gasteiger partial charge in [0.05, 0.1) is 25.1 Å². The number of nitrogens with one attached hydrogen (secondary N) is 3. The first-order valence-corrected chi connectivity index (χ1v) is 9.87. The summed E-state index contributed by atoms with van der Waals surface area (Å²) in [6.45, 7) is 3.01. The number of carbonyl (C=O) groups is 1. The largest absolute Gasteiger partial charge is 0.378 e. The number of morpholine rings is 1. The van der Waals surface area contributed by atoms with Crippen LogP contribution in [0.15, 0.2) is 0 Å². The van der Waals surface area contributed by atoms with Gasteiger partial charge in [-0.25, -0.2) is 13.1 Å². The van der Waals surface area contributed by atoms with E-state index < -0.39 is 10.0 Å². The van der Waals surface area contributed by atoms with Crippen LogP contribution in [-0.2, 0) is 24.3 Å². The minimum atomic E-state index is -3.39. The molecular weight excluding hydrogens is 358 g/mol. The average Bonchev–Trinajstić information content (AvgIpc) is 2.55. The SMILES string of the molecule is Cl.O=C(CC1COCCN1)NCCS(=O)(=O)NCC1CCCCO1. The summed E-state index contributed by atoms with van der Waals surface area (Å²) in [7, 11) is -3.39. The number of amides is 1. The van der Waals surface area contributed by atoms with Gasteiger partial charge in [0.25, 0.3) is 0 Å². The monoisotopic (exact) mass is 385 g/mol. The Labute approximate surface area is 149 Å². The van der Waals surface area contributed by atoms with E-state index in [1.165, 1.54) is 0 Å². The molecule has 2 aliphatic rings. The van der Waals surface area contributed by atoms with E-state index in [0.29, 0.717) is 32.8 Å². The second kappa shape index (κ2) is 11.2. The highest BCUT2D eigenvalue weighted by molar-refractivity contribution is 7.89. The van der Waals surface area contributed by atoms with Gasteiger partial charge in [0.15, 0.2) is 0 Å². The fourth-order valence-electron chi connectivity index (χ4n) is 2.63. The highest BCUT2D eigenvalue weighted by Crippen LogP contribution is 2.11. The van der Waals surface area contributed by atoms with E-state index in [-0.39, 0.29) is 42.8 Å². The van der Waals surface area contributed by atoms with Gasteiger partial charge in [-0.05, 0) is 19.3 Å². The van der Waals surface area contributed by atoms with E-state index in [1.54, 1.807) is 0 Å². The summed E-state index contributed by atoms with van der Waals surface area (Å²) in [5, 5.41) is 5.82. The predicted octanol–water partition coefficient (Wildman–Crippen LogP) is -0.609. The highest BCUT2D eigenvalue weighted by Gasteiger charge is 2.19. The van der Waals surface area contributed by atoms with Crippen LogP contribution in [0.1, 0.15) is 25.7 Å². The molecule has 142 valence electrons. The molecule has 0 saturated carbocycles. The lowest BCUT2D eigenvalue weighted by Crippen LogP contribution is -2.45. The molecule has 0 aromatic heterocycles. The maximum absolute atomic E-state index is 11.9. The number of rotatable bonds is 8. The summed E-state index contributed by atoms with van der Waals surface area (Å²) >= 11 is 0. The van der Waals surface area contributed by atoms with Crippen LogP contribution < -0.4 is 15.4 Å². The lowest BCUT2D eigenvalue weighted by Gasteiger charge is -2.23. The molecule has 2 fully saturated rings. The van der Waals surface area contributed by atoms with Crippen LogP contribution in [0.5, 0.6) is 0 Å². The molecule has 0 aliphatic carbocycles. The highest BCUT2D eigenvalue weighted by atomic mass is 35.5. The molecule has 1 amide bonds. The maximum Gasteiger partial charge on any atom is 0.221 e. The maximum atomic E-state index is 11.9. The first-order chi connectivity index (χ1) is 11.1. The van der Waals surface area contributed by atoms with Crippen molar-refractivity contribution in [2.75, 3.05) is 45.2 Å². The summed E-state index contributed by atoms with van der Waals surface area (Å²) in [6, 6.07) is 0.00179. The van der Waals surface area contributed by atoms with Crippen molar-refractivity contribution < 1.29 is 22.7 Å². The predicted molar refractivity (Wildman–Crippen MR) is 92.9 cm³/mol. The van der Waals surface area contributed by atoms with Gasteiger partial charge in [-0.2, -0.15) is 0 Å². The average molecular weight is 386 g/mol. The van der Waals surface area contributed by atoms with Gasteiger partial charge in [0.2, 0.25) is 15.9 Å². The van der Waals surface area contributed by atoms with Crippen molar-refractivity contribution in [1.29, 1.82) is 0 Å². The lowest BCUT2D eigenvalue weighted by molar-refractivity contribution is -0.122. The van der Waals surface area contributed by atoms with Gasteiger partial charge >= 0.3 is 0 Å². The van der Waals surface area contributed by atoms with Crippen molar-refractivity contribution in [1.82, 2.24) is 15.4 Å². The molecule has 0 aromatic carbocycles. The Balaban J connectivity index is 0.00000288. The fourth-order valence-corrected chi connectivity index (χ4v) is 3.59. The van der Waals surface area contributed by atoms with Gasteiger partial charge in [0.1, 0.15) is 0 Å². The molecule has 2 aliphatic heterocycles. The zero-order valence-electron chi connectivity index (χ0n) is 13.8. The second-order valence-electron chi connectivity index (χ2n) is 5.94. The Bertz CT molecular complexity index is 465. The standard InChI is InChI=1S/C14H27N3O5S.ClH/c18-14(9-12-11-21-7-4-15-12)16-5-8-23(19,20)17-10-13-3-1-2-6-22-13;/h12-13,15,17H,1-11H2,(H,16,18);1H. The first-order valence-electron chi connectivity index (χ1n) is 8.22. The zero-order valence-corrected chi connectivity index (χ0v) is 15.4. The van der Waals surface area contributed by atoms with Gasteiger partial charge < -0.3 is 20.1 Å². The zero-order chi connectivity index (χ0) is 16.5. The minimum Gasteiger partial charge on any atom is -0.378 e. The molecule has 3 N–H and O–H groups in total. The third kappa shape index (κ3) is 8.59. The van der Waals surface area contributed by atoms with Crippen molar-refractivity contribution >= 4 is 28.3 Å². The van der Waals surface area contributed by atoms with Crippen LogP contribution in [0.4, 0.5) is 0 Å². The van der Waals surface area contributed by atoms with E-state index in [0.717, 1.165) is 25.8 Å². The molecule has 2 heterocycles. The van der Waals surface area contributed by atoms with E-state index in [9.17, 15) is 13.2 Å². The fraction of sp³-hybridized carbons (Fsp3) is 0.929. The number of carbonyl (C=O) groups excluding carboxylic acids is 1. The summed E-state index contributed by atoms with van der Waals surface area (Å²) in [4.78, 5) is 11.8. The number of sulfonamides is 1. The van der Waals surface area contributed by atoms with E-state index >= 15 is 0 Å². The summed E-state index contributed by atoms with van der Waals surface area (Å²) in [6.07, 6.45) is 3.25. The lowest BCUT2D eigenvalue weighted by atomic mass is 10.1. The van der Waals surface area contributed by atoms with Crippen molar-refractivity contribution in [3.8, 4) is 0 Å². The van der Waals surface area contributed by atoms with Crippen molar-refractivity contribution in [3.05, 3.63) is 0 Å². The number of hydrogen-bond acceptors (Lipinski definition) is 6. The Kier molecular flexibility index (Phi) is 10.1. The summed E-state index contributed by atoms with van der Waals surface area (Å²) in [5.41, 5.74) is 0. The number of hydrogen-bond donors (Lipinski definition) is 3. The van der Waals surface area contributed by atoms with Gasteiger partial charge in [-0.15, -0.1) is 12.4 Å². The first kappa shape index (κ1) is 21.6. The van der Waals surface area contributed by atoms with E-state index in [1.807, 2.05) is 0 Å². The van der Waals surface area contributed by atoms with Crippen LogP contribution >= 0.6 is 12.4 Å². The third-order valence-electron chi connectivity index (χ3n) is 3.93. The summed E-state index contributed by atoms with van der Waals surface area (Å²) < 4.78 is 37.1. The van der Waals surface area contributed by atoms with Crippen molar-refractivity contribution in [2.24, 2.45) is 0 Å². The molecular formula is C14H28ClN3O5S. The van der Waals surface area contributed by atoms with Crippen LogP contribution in [0.3, 0.4) is 0 Å². The molecule has 10 heteroatoms. The number of halogens is 1. The molecule has 2 unspecified atom stereocenters. The molecule has 8 nitrogen and oxygen atoms in total. The smallest absolute Gasteiger partial charge is 0.221 e. The molecule has 2 saturated heterocycles. The normalized spacial score (nSPS) is 24.8. The van der Waals surface area contributed by atoms with E-state index in [2.05, 4.69) is 15.4 Å². The molecule has 0 spiro atoms. The topological polar surface area (TPSA) is 106 Å². The summed E-state index contributed by atoms with van der Waals surface area (Å²) in [5.74, 6) is -0.293. The van der Waals surface area contributed by atoms with Gasteiger partial charge in [-0.3, -0.25) is 4.79 Å². The quantitative estimate of drug-likeness (QED) is 0.515. The Morgan fingerprint density at radius 2 is 2.08 bits per heavy atom. The molecule has 0 aromatic rings. The molecule has 24 heavy (non-hydrogen) atoms. The van der Waals surface area contributed by atoms with Gasteiger partial charge in [0, 0.05) is 38.7 Å². The van der Waals surface area contributed by atoms with Gasteiger partial charge in [-0.1, -0.05) is 0 Å². The minimum absolute atomic E-state index is 0. The Hall–Kier alpha value is -0.450. The van der Waals surface area contributed by atoms with Crippen LogP contribution in [0.2, 0.25) is 0 Å². The molecule has 0 bridgehead atoms. The Morgan fingerprint density at radius 1 is 1.25 bits per heavy atom. The Morgan fingerprint density at radius 3 is 2.75 bits per heavy atom. The van der Waals surface area contributed by atoms with Crippen LogP contribution in [0, 0.1) is 0 Å². The molecule has 2 atom stereocenters.